The van der Waals surface area contributed by atoms with Gasteiger partial charge in [-0.1, -0.05) is 6.07 Å². The third kappa shape index (κ3) is 6.12. The number of methoxy groups -OCH3 is 1. The van der Waals surface area contributed by atoms with E-state index in [1.165, 1.54) is 5.56 Å². The molecule has 7 nitrogen and oxygen atoms in total. The highest BCUT2D eigenvalue weighted by Crippen LogP contribution is 2.21. The van der Waals surface area contributed by atoms with Crippen molar-refractivity contribution in [1.82, 2.24) is 4.90 Å². The number of carbonyl (C=O) groups excluding carboxylic acids is 2. The Hall–Kier alpha value is -4.00. The summed E-state index contributed by atoms with van der Waals surface area (Å²) in [7, 11) is 1.61. The van der Waals surface area contributed by atoms with Crippen LogP contribution in [0.25, 0.3) is 0 Å². The quantitative estimate of drug-likeness (QED) is 0.554. The van der Waals surface area contributed by atoms with Crippen molar-refractivity contribution in [2.24, 2.45) is 0 Å². The zero-order valence-electron chi connectivity index (χ0n) is 20.4. The summed E-state index contributed by atoms with van der Waals surface area (Å²) in [6.45, 7) is 6.81. The molecule has 0 aromatic heterocycles. The molecule has 4 rings (SSSR count). The van der Waals surface area contributed by atoms with E-state index in [9.17, 15) is 9.59 Å². The van der Waals surface area contributed by atoms with Gasteiger partial charge >= 0.3 is 0 Å². The standard InChI is InChI=1S/C28H31N3O4/c1-20-4-11-26(18-21(20)2)35-19-27(32)29-23-7-9-24(10-8-23)30-14-16-31(17-15-30)28(33)22-5-12-25(34-3)13-6-22/h4-13,18H,14-17,19H2,1-3H3,(H,29,32). The average Bonchev–Trinajstić information content (AvgIpc) is 2.89. The third-order valence-corrected chi connectivity index (χ3v) is 6.27. The molecule has 0 spiro atoms. The molecule has 1 fully saturated rings. The van der Waals surface area contributed by atoms with Crippen LogP contribution in [0.4, 0.5) is 11.4 Å². The SMILES string of the molecule is COc1ccc(C(=O)N2CCN(c3ccc(NC(=O)COc4ccc(C)c(C)c4)cc3)CC2)cc1. The maximum atomic E-state index is 12.8. The molecular weight excluding hydrogens is 442 g/mol. The maximum Gasteiger partial charge on any atom is 0.262 e. The van der Waals surface area contributed by atoms with Crippen molar-refractivity contribution in [2.45, 2.75) is 13.8 Å². The fourth-order valence-corrected chi connectivity index (χ4v) is 3.99. The lowest BCUT2D eigenvalue weighted by Gasteiger charge is -2.36. The molecule has 1 aliphatic rings. The molecular formula is C28H31N3O4. The minimum Gasteiger partial charge on any atom is -0.497 e. The van der Waals surface area contributed by atoms with E-state index >= 15 is 0 Å². The van der Waals surface area contributed by atoms with Gasteiger partial charge in [-0.3, -0.25) is 9.59 Å². The molecule has 2 amide bonds. The molecule has 35 heavy (non-hydrogen) atoms. The molecule has 0 aliphatic carbocycles. The van der Waals surface area contributed by atoms with E-state index in [4.69, 9.17) is 9.47 Å². The summed E-state index contributed by atoms with van der Waals surface area (Å²) in [4.78, 5) is 29.2. The van der Waals surface area contributed by atoms with Crippen LogP contribution in [0.3, 0.4) is 0 Å². The van der Waals surface area contributed by atoms with E-state index in [-0.39, 0.29) is 18.4 Å². The lowest BCUT2D eigenvalue weighted by molar-refractivity contribution is -0.118. The smallest absolute Gasteiger partial charge is 0.262 e. The largest absolute Gasteiger partial charge is 0.497 e. The Morgan fingerprint density at radius 3 is 2.11 bits per heavy atom. The number of anilines is 2. The molecule has 0 saturated carbocycles. The first-order valence-corrected chi connectivity index (χ1v) is 11.7. The van der Waals surface area contributed by atoms with Crippen LogP contribution in [0, 0.1) is 13.8 Å². The van der Waals surface area contributed by atoms with Crippen LogP contribution in [0.15, 0.2) is 66.7 Å². The number of aryl methyl sites for hydroxylation is 2. The van der Waals surface area contributed by atoms with Gasteiger partial charge in [-0.15, -0.1) is 0 Å². The van der Waals surface area contributed by atoms with Gasteiger partial charge in [-0.2, -0.15) is 0 Å². The Kier molecular flexibility index (Phi) is 7.55. The first-order chi connectivity index (χ1) is 16.9. The van der Waals surface area contributed by atoms with Gasteiger partial charge in [-0.05, 0) is 85.6 Å². The van der Waals surface area contributed by atoms with E-state index < -0.39 is 0 Å². The number of ether oxygens (including phenoxy) is 2. The first kappa shape index (κ1) is 24.1. The summed E-state index contributed by atoms with van der Waals surface area (Å²) in [5, 5.41) is 2.87. The number of nitrogens with one attached hydrogen (secondary N) is 1. The molecule has 0 atom stereocenters. The Morgan fingerprint density at radius 1 is 0.829 bits per heavy atom. The number of piperazine rings is 1. The van der Waals surface area contributed by atoms with Gasteiger partial charge in [0.15, 0.2) is 6.61 Å². The molecule has 0 radical (unpaired) electrons. The highest BCUT2D eigenvalue weighted by atomic mass is 16.5. The van der Waals surface area contributed by atoms with Crippen molar-refractivity contribution in [3.63, 3.8) is 0 Å². The van der Waals surface area contributed by atoms with E-state index in [2.05, 4.69) is 10.2 Å². The Balaban J connectivity index is 1.25. The molecule has 3 aromatic carbocycles. The van der Waals surface area contributed by atoms with Gasteiger partial charge < -0.3 is 24.6 Å². The summed E-state index contributed by atoms with van der Waals surface area (Å²) >= 11 is 0. The van der Waals surface area contributed by atoms with Crippen LogP contribution in [-0.2, 0) is 4.79 Å². The van der Waals surface area contributed by atoms with Crippen LogP contribution < -0.4 is 19.7 Å². The van der Waals surface area contributed by atoms with E-state index in [0.29, 0.717) is 24.4 Å². The van der Waals surface area contributed by atoms with Crippen LogP contribution in [0.1, 0.15) is 21.5 Å². The van der Waals surface area contributed by atoms with Gasteiger partial charge in [0.1, 0.15) is 11.5 Å². The second-order valence-corrected chi connectivity index (χ2v) is 8.64. The van der Waals surface area contributed by atoms with E-state index in [1.807, 2.05) is 61.2 Å². The zero-order chi connectivity index (χ0) is 24.8. The van der Waals surface area contributed by atoms with E-state index in [0.717, 1.165) is 35.8 Å². The maximum absolute atomic E-state index is 12.8. The van der Waals surface area contributed by atoms with Gasteiger partial charge in [0.2, 0.25) is 0 Å². The predicted molar refractivity (Wildman–Crippen MR) is 138 cm³/mol. The van der Waals surface area contributed by atoms with Crippen molar-refractivity contribution in [3.8, 4) is 11.5 Å². The Labute approximate surface area is 206 Å². The fraction of sp³-hybridized carbons (Fsp3) is 0.286. The second kappa shape index (κ2) is 11.0. The summed E-state index contributed by atoms with van der Waals surface area (Å²) in [5.74, 6) is 1.25. The van der Waals surface area contributed by atoms with Crippen molar-refractivity contribution < 1.29 is 19.1 Å². The number of amides is 2. The summed E-state index contributed by atoms with van der Waals surface area (Å²) in [6, 6.07) is 20.7. The highest BCUT2D eigenvalue weighted by Gasteiger charge is 2.22. The van der Waals surface area contributed by atoms with Gasteiger partial charge in [-0.25, -0.2) is 0 Å². The van der Waals surface area contributed by atoms with Gasteiger partial charge in [0.25, 0.3) is 11.8 Å². The summed E-state index contributed by atoms with van der Waals surface area (Å²) in [5.41, 5.74) is 4.76. The van der Waals surface area contributed by atoms with Crippen molar-refractivity contribution in [2.75, 3.05) is 50.1 Å². The van der Waals surface area contributed by atoms with E-state index in [1.54, 1.807) is 31.4 Å². The molecule has 1 aliphatic heterocycles. The van der Waals surface area contributed by atoms with Gasteiger partial charge in [0.05, 0.1) is 7.11 Å². The number of hydrogen-bond donors (Lipinski definition) is 1. The third-order valence-electron chi connectivity index (χ3n) is 6.27. The molecule has 0 unspecified atom stereocenters. The average molecular weight is 474 g/mol. The lowest BCUT2D eigenvalue weighted by atomic mass is 10.1. The fourth-order valence-electron chi connectivity index (χ4n) is 3.99. The van der Waals surface area contributed by atoms with Gasteiger partial charge in [0, 0.05) is 43.1 Å². The van der Waals surface area contributed by atoms with Crippen molar-refractivity contribution >= 4 is 23.2 Å². The molecule has 1 saturated heterocycles. The molecule has 3 aromatic rings. The monoisotopic (exact) mass is 473 g/mol. The first-order valence-electron chi connectivity index (χ1n) is 11.7. The summed E-state index contributed by atoms with van der Waals surface area (Å²) in [6.07, 6.45) is 0. The van der Waals surface area contributed by atoms with Crippen LogP contribution in [0.2, 0.25) is 0 Å². The number of rotatable bonds is 7. The molecule has 182 valence electrons. The Morgan fingerprint density at radius 2 is 1.49 bits per heavy atom. The molecule has 0 bridgehead atoms. The topological polar surface area (TPSA) is 71.1 Å². The van der Waals surface area contributed by atoms with Crippen LogP contribution >= 0.6 is 0 Å². The zero-order valence-corrected chi connectivity index (χ0v) is 20.4. The molecule has 7 heteroatoms. The van der Waals surface area contributed by atoms with Crippen molar-refractivity contribution in [3.05, 3.63) is 83.4 Å². The minimum absolute atomic E-state index is 0.0355. The van der Waals surface area contributed by atoms with Crippen LogP contribution in [0.5, 0.6) is 11.5 Å². The number of nitrogens with zero attached hydrogens (tertiary/aromatic N) is 2. The number of carbonyl (C=O) groups is 2. The minimum atomic E-state index is -0.207. The van der Waals surface area contributed by atoms with Crippen molar-refractivity contribution in [1.29, 1.82) is 0 Å². The summed E-state index contributed by atoms with van der Waals surface area (Å²) < 4.78 is 10.8. The Bertz CT molecular complexity index is 1170. The lowest BCUT2D eigenvalue weighted by Crippen LogP contribution is -2.48. The molecule has 1 heterocycles. The number of benzene rings is 3. The normalized spacial score (nSPS) is 13.3. The van der Waals surface area contributed by atoms with Crippen LogP contribution in [-0.4, -0.2) is 56.6 Å². The second-order valence-electron chi connectivity index (χ2n) is 8.64. The predicted octanol–water partition coefficient (Wildman–Crippen LogP) is 4.29. The highest BCUT2D eigenvalue weighted by molar-refractivity contribution is 5.94. The molecule has 1 N–H and O–H groups in total. The number of hydrogen-bond acceptors (Lipinski definition) is 5.